The Hall–Kier alpha value is -1.51. The number of benzene rings is 1. The van der Waals surface area contributed by atoms with Gasteiger partial charge in [0, 0.05) is 11.3 Å². The average molecular weight is 192 g/mol. The summed E-state index contributed by atoms with van der Waals surface area (Å²) in [5, 5.41) is 3.99. The molecule has 0 aromatic heterocycles. The van der Waals surface area contributed by atoms with E-state index in [0.717, 1.165) is 17.0 Å². The van der Waals surface area contributed by atoms with Gasteiger partial charge in [-0.1, -0.05) is 23.4 Å². The molecule has 1 rings (SSSR count). The van der Waals surface area contributed by atoms with Crippen molar-refractivity contribution in [2.75, 3.05) is 5.73 Å². The predicted molar refractivity (Wildman–Crippen MR) is 59.3 cm³/mol. The first-order valence-electron chi connectivity index (χ1n) is 4.66. The molecule has 1 aromatic rings. The number of nitrogens with two attached hydrogens (primary N) is 1. The second-order valence-corrected chi connectivity index (χ2v) is 3.42. The van der Waals surface area contributed by atoms with E-state index < -0.39 is 0 Å². The van der Waals surface area contributed by atoms with Crippen LogP contribution in [0.5, 0.6) is 0 Å². The van der Waals surface area contributed by atoms with Crippen LogP contribution in [-0.2, 0) is 4.84 Å². The smallest absolute Gasteiger partial charge is 0.122 e. The van der Waals surface area contributed by atoms with Gasteiger partial charge in [0.25, 0.3) is 0 Å². The minimum absolute atomic E-state index is 0.0925. The molecule has 0 aliphatic rings. The summed E-state index contributed by atoms with van der Waals surface area (Å²) in [7, 11) is 0. The Bertz CT molecular complexity index is 332. The molecule has 0 fully saturated rings. The highest BCUT2D eigenvalue weighted by Gasteiger charge is 2.02. The van der Waals surface area contributed by atoms with Crippen LogP contribution < -0.4 is 5.73 Å². The fourth-order valence-corrected chi connectivity index (χ4v) is 1.06. The van der Waals surface area contributed by atoms with Gasteiger partial charge in [0.15, 0.2) is 0 Å². The molecule has 0 unspecified atom stereocenters. The topological polar surface area (TPSA) is 47.6 Å². The lowest BCUT2D eigenvalue weighted by atomic mass is 10.1. The second-order valence-electron chi connectivity index (χ2n) is 3.42. The first-order chi connectivity index (χ1) is 6.61. The summed E-state index contributed by atoms with van der Waals surface area (Å²) in [6, 6.07) is 7.61. The molecule has 3 nitrogen and oxygen atoms in total. The van der Waals surface area contributed by atoms with Crippen molar-refractivity contribution in [3.05, 3.63) is 29.8 Å². The van der Waals surface area contributed by atoms with Crippen LogP contribution in [0.15, 0.2) is 29.4 Å². The highest BCUT2D eigenvalue weighted by Crippen LogP contribution is 2.11. The molecular formula is C11H16N2O. The zero-order valence-electron chi connectivity index (χ0n) is 8.82. The number of hydrogen-bond acceptors (Lipinski definition) is 3. The third-order valence-corrected chi connectivity index (χ3v) is 1.75. The zero-order valence-corrected chi connectivity index (χ0v) is 8.82. The molecule has 0 heterocycles. The Morgan fingerprint density at radius 1 is 1.36 bits per heavy atom. The largest absolute Gasteiger partial charge is 0.398 e. The van der Waals surface area contributed by atoms with Crippen molar-refractivity contribution in [2.45, 2.75) is 26.9 Å². The molecule has 76 valence electrons. The van der Waals surface area contributed by atoms with Gasteiger partial charge in [0.05, 0.1) is 5.71 Å². The summed E-state index contributed by atoms with van der Waals surface area (Å²) in [5.41, 5.74) is 8.24. The summed E-state index contributed by atoms with van der Waals surface area (Å²) < 4.78 is 0. The van der Waals surface area contributed by atoms with Crippen molar-refractivity contribution in [2.24, 2.45) is 5.16 Å². The summed E-state index contributed by atoms with van der Waals surface area (Å²) in [6.07, 6.45) is 0.0925. The number of oxime groups is 1. The van der Waals surface area contributed by atoms with E-state index in [1.165, 1.54) is 0 Å². The van der Waals surface area contributed by atoms with Crippen molar-refractivity contribution in [1.29, 1.82) is 0 Å². The van der Waals surface area contributed by atoms with E-state index >= 15 is 0 Å². The van der Waals surface area contributed by atoms with Crippen LogP contribution in [0.1, 0.15) is 26.3 Å². The molecule has 0 spiro atoms. The van der Waals surface area contributed by atoms with Gasteiger partial charge in [0.2, 0.25) is 0 Å². The van der Waals surface area contributed by atoms with Gasteiger partial charge in [-0.15, -0.1) is 0 Å². The van der Waals surface area contributed by atoms with E-state index in [0.29, 0.717) is 0 Å². The van der Waals surface area contributed by atoms with Crippen LogP contribution in [0.25, 0.3) is 0 Å². The molecule has 3 heteroatoms. The normalized spacial score (nSPS) is 11.9. The van der Waals surface area contributed by atoms with Crippen molar-refractivity contribution >= 4 is 11.4 Å². The molecule has 14 heavy (non-hydrogen) atoms. The lowest BCUT2D eigenvalue weighted by Crippen LogP contribution is -2.04. The molecule has 0 amide bonds. The number of hydrogen-bond donors (Lipinski definition) is 1. The Labute approximate surface area is 84.6 Å². The molecule has 0 atom stereocenters. The molecule has 0 radical (unpaired) electrons. The van der Waals surface area contributed by atoms with Gasteiger partial charge in [-0.2, -0.15) is 0 Å². The summed E-state index contributed by atoms with van der Waals surface area (Å²) in [5.74, 6) is 0. The van der Waals surface area contributed by atoms with Crippen molar-refractivity contribution < 1.29 is 4.84 Å². The summed E-state index contributed by atoms with van der Waals surface area (Å²) in [4.78, 5) is 5.15. The number of nitrogens with zero attached hydrogens (tertiary/aromatic N) is 1. The molecular weight excluding hydrogens is 176 g/mol. The maximum atomic E-state index is 5.79. The maximum absolute atomic E-state index is 5.79. The fraction of sp³-hybridized carbons (Fsp3) is 0.364. The first kappa shape index (κ1) is 10.6. The number of nitrogen functional groups attached to an aromatic ring is 1. The summed E-state index contributed by atoms with van der Waals surface area (Å²) in [6.45, 7) is 5.75. The highest BCUT2D eigenvalue weighted by atomic mass is 16.6. The van der Waals surface area contributed by atoms with E-state index in [2.05, 4.69) is 5.16 Å². The lowest BCUT2D eigenvalue weighted by molar-refractivity contribution is 0.0860. The number of anilines is 1. The van der Waals surface area contributed by atoms with Crippen LogP contribution in [0.4, 0.5) is 5.69 Å². The quantitative estimate of drug-likeness (QED) is 0.454. The van der Waals surface area contributed by atoms with E-state index in [-0.39, 0.29) is 6.10 Å². The van der Waals surface area contributed by atoms with Crippen LogP contribution in [0.2, 0.25) is 0 Å². The Morgan fingerprint density at radius 3 is 2.57 bits per heavy atom. The first-order valence-corrected chi connectivity index (χ1v) is 4.66. The zero-order chi connectivity index (χ0) is 10.6. The van der Waals surface area contributed by atoms with Gasteiger partial charge in [-0.3, -0.25) is 0 Å². The van der Waals surface area contributed by atoms with Gasteiger partial charge in [-0.05, 0) is 26.8 Å². The van der Waals surface area contributed by atoms with Gasteiger partial charge >= 0.3 is 0 Å². The average Bonchev–Trinajstić information content (AvgIpc) is 2.15. The lowest BCUT2D eigenvalue weighted by Gasteiger charge is -2.06. The fourth-order valence-electron chi connectivity index (χ4n) is 1.06. The predicted octanol–water partition coefficient (Wildman–Crippen LogP) is 2.42. The van der Waals surface area contributed by atoms with Gasteiger partial charge in [0.1, 0.15) is 6.10 Å². The number of para-hydroxylation sites is 1. The minimum atomic E-state index is 0.0925. The van der Waals surface area contributed by atoms with E-state index in [9.17, 15) is 0 Å². The molecule has 0 bridgehead atoms. The highest BCUT2D eigenvalue weighted by molar-refractivity contribution is 6.02. The van der Waals surface area contributed by atoms with E-state index in [1.54, 1.807) is 0 Å². The van der Waals surface area contributed by atoms with E-state index in [1.807, 2.05) is 45.0 Å². The molecule has 0 saturated heterocycles. The molecule has 0 saturated carbocycles. The van der Waals surface area contributed by atoms with Gasteiger partial charge in [-0.25, -0.2) is 0 Å². The Kier molecular flexibility index (Phi) is 3.51. The molecule has 2 N–H and O–H groups in total. The molecule has 1 aromatic carbocycles. The second kappa shape index (κ2) is 4.65. The van der Waals surface area contributed by atoms with Crippen molar-refractivity contribution in [3.8, 4) is 0 Å². The number of rotatable bonds is 3. The third-order valence-electron chi connectivity index (χ3n) is 1.75. The third kappa shape index (κ3) is 2.76. The monoisotopic (exact) mass is 192 g/mol. The molecule has 0 aliphatic carbocycles. The Morgan fingerprint density at radius 2 is 2.00 bits per heavy atom. The van der Waals surface area contributed by atoms with Crippen LogP contribution in [0.3, 0.4) is 0 Å². The van der Waals surface area contributed by atoms with E-state index in [4.69, 9.17) is 10.6 Å². The Balaban J connectivity index is 2.84. The standard InChI is InChI=1S/C11H16N2O/c1-8(2)14-13-9(3)10-6-4-5-7-11(10)12/h4-8H,12H2,1-3H3/b13-9+. The van der Waals surface area contributed by atoms with Crippen molar-refractivity contribution in [1.82, 2.24) is 0 Å². The maximum Gasteiger partial charge on any atom is 0.122 e. The van der Waals surface area contributed by atoms with Crippen molar-refractivity contribution in [3.63, 3.8) is 0 Å². The minimum Gasteiger partial charge on any atom is -0.398 e. The summed E-state index contributed by atoms with van der Waals surface area (Å²) >= 11 is 0. The van der Waals surface area contributed by atoms with Crippen LogP contribution in [0, 0.1) is 0 Å². The SMILES string of the molecule is C/C(=N\OC(C)C)c1ccccc1N. The van der Waals surface area contributed by atoms with Crippen LogP contribution >= 0.6 is 0 Å². The van der Waals surface area contributed by atoms with Gasteiger partial charge < -0.3 is 10.6 Å². The molecule has 0 aliphatic heterocycles. The van der Waals surface area contributed by atoms with Crippen LogP contribution in [-0.4, -0.2) is 11.8 Å².